The van der Waals surface area contributed by atoms with Crippen LogP contribution >= 0.6 is 11.6 Å². The minimum absolute atomic E-state index is 0.274. The number of alkyl halides is 1. The summed E-state index contributed by atoms with van der Waals surface area (Å²) in [4.78, 5) is 4.15. The van der Waals surface area contributed by atoms with Gasteiger partial charge in [-0.1, -0.05) is 6.07 Å². The summed E-state index contributed by atoms with van der Waals surface area (Å²) >= 11 is 5.60. The largest absolute Gasteiger partial charge is 0.441 e. The van der Waals surface area contributed by atoms with E-state index in [9.17, 15) is 4.39 Å². The zero-order valence-corrected chi connectivity index (χ0v) is 10.3. The van der Waals surface area contributed by atoms with E-state index < -0.39 is 0 Å². The average Bonchev–Trinajstić information content (AvgIpc) is 2.78. The molecule has 90 valence electrons. The van der Waals surface area contributed by atoms with Gasteiger partial charge < -0.3 is 4.42 Å². The quantitative estimate of drug-likeness (QED) is 0.771. The summed E-state index contributed by atoms with van der Waals surface area (Å²) in [7, 11) is 0. The van der Waals surface area contributed by atoms with Crippen LogP contribution in [0.15, 0.2) is 28.8 Å². The first-order chi connectivity index (χ1) is 8.20. The lowest BCUT2D eigenvalue weighted by Crippen LogP contribution is -1.85. The van der Waals surface area contributed by atoms with E-state index in [4.69, 9.17) is 16.0 Å². The Morgan fingerprint density at radius 2 is 2.24 bits per heavy atom. The van der Waals surface area contributed by atoms with E-state index in [2.05, 4.69) is 4.98 Å². The Balaban J connectivity index is 2.27. The molecule has 0 fully saturated rings. The first-order valence-corrected chi connectivity index (χ1v) is 6.01. The number of halogens is 2. The third kappa shape index (κ3) is 2.86. The maximum atomic E-state index is 13.2. The number of benzene rings is 1. The van der Waals surface area contributed by atoms with Gasteiger partial charge in [-0.15, -0.1) is 11.6 Å². The Hall–Kier alpha value is -1.35. The fraction of sp³-hybridized carbons (Fsp3) is 0.308. The summed E-state index contributed by atoms with van der Waals surface area (Å²) in [5.41, 5.74) is 1.71. The Labute approximate surface area is 104 Å². The van der Waals surface area contributed by atoms with Gasteiger partial charge in [0.25, 0.3) is 0 Å². The molecule has 1 aromatic carbocycles. The van der Waals surface area contributed by atoms with Gasteiger partial charge in [-0.2, -0.15) is 0 Å². The number of nitrogens with zero attached hydrogens (tertiary/aromatic N) is 1. The molecular weight excluding hydrogens is 241 g/mol. The number of hydrogen-bond donors (Lipinski definition) is 0. The third-order valence-corrected chi connectivity index (χ3v) is 2.81. The second-order valence-electron chi connectivity index (χ2n) is 3.87. The van der Waals surface area contributed by atoms with E-state index >= 15 is 0 Å². The van der Waals surface area contributed by atoms with Crippen molar-refractivity contribution in [1.82, 2.24) is 4.98 Å². The molecular formula is C13H13ClFNO. The molecule has 1 heterocycles. The van der Waals surface area contributed by atoms with Crippen molar-refractivity contribution >= 4 is 11.6 Å². The molecule has 2 aromatic rings. The lowest BCUT2D eigenvalue weighted by atomic mass is 10.1. The van der Waals surface area contributed by atoms with E-state index in [0.29, 0.717) is 24.0 Å². The number of oxazole rings is 1. The van der Waals surface area contributed by atoms with E-state index in [1.165, 1.54) is 12.1 Å². The molecule has 17 heavy (non-hydrogen) atoms. The zero-order chi connectivity index (χ0) is 12.3. The van der Waals surface area contributed by atoms with Crippen LogP contribution < -0.4 is 0 Å². The standard InChI is InChI=1S/C13H13ClFNO/c1-9-4-5-10(15)7-11(9)12-8-16-13(17-12)3-2-6-14/h4-5,7-8H,2-3,6H2,1H3. The van der Waals surface area contributed by atoms with Gasteiger partial charge in [0.15, 0.2) is 11.7 Å². The predicted molar refractivity (Wildman–Crippen MR) is 65.7 cm³/mol. The molecule has 0 aliphatic carbocycles. The average molecular weight is 254 g/mol. The van der Waals surface area contributed by atoms with Crippen molar-refractivity contribution in [2.75, 3.05) is 5.88 Å². The van der Waals surface area contributed by atoms with E-state index in [-0.39, 0.29) is 5.82 Å². The zero-order valence-electron chi connectivity index (χ0n) is 9.54. The topological polar surface area (TPSA) is 26.0 Å². The highest BCUT2D eigenvalue weighted by molar-refractivity contribution is 6.17. The summed E-state index contributed by atoms with van der Waals surface area (Å²) in [5, 5.41) is 0. The minimum Gasteiger partial charge on any atom is -0.441 e. The number of aromatic nitrogens is 1. The third-order valence-electron chi connectivity index (χ3n) is 2.54. The van der Waals surface area contributed by atoms with Crippen LogP contribution in [0.4, 0.5) is 4.39 Å². The van der Waals surface area contributed by atoms with Crippen LogP contribution in [-0.4, -0.2) is 10.9 Å². The monoisotopic (exact) mass is 253 g/mol. The van der Waals surface area contributed by atoms with Gasteiger partial charge in [0.2, 0.25) is 0 Å². The summed E-state index contributed by atoms with van der Waals surface area (Å²) in [6.07, 6.45) is 3.16. The van der Waals surface area contributed by atoms with E-state index in [1.807, 2.05) is 6.92 Å². The molecule has 4 heteroatoms. The molecule has 0 unspecified atom stereocenters. The molecule has 0 atom stereocenters. The summed E-state index contributed by atoms with van der Waals surface area (Å²) in [6, 6.07) is 4.62. The van der Waals surface area contributed by atoms with Gasteiger partial charge in [-0.3, -0.25) is 0 Å². The van der Waals surface area contributed by atoms with Crippen LogP contribution in [0.2, 0.25) is 0 Å². The highest BCUT2D eigenvalue weighted by Crippen LogP contribution is 2.25. The number of aryl methyl sites for hydroxylation is 2. The normalized spacial score (nSPS) is 10.8. The minimum atomic E-state index is -0.274. The summed E-state index contributed by atoms with van der Waals surface area (Å²) < 4.78 is 18.7. The molecule has 0 aliphatic rings. The SMILES string of the molecule is Cc1ccc(F)cc1-c1cnc(CCCCl)o1. The van der Waals surface area contributed by atoms with Crippen molar-refractivity contribution in [3.8, 4) is 11.3 Å². The van der Waals surface area contributed by atoms with Crippen LogP contribution in [0.5, 0.6) is 0 Å². The first kappa shape index (κ1) is 12.1. The molecule has 0 radical (unpaired) electrons. The Kier molecular flexibility index (Phi) is 3.79. The maximum Gasteiger partial charge on any atom is 0.194 e. The van der Waals surface area contributed by atoms with Gasteiger partial charge in [-0.25, -0.2) is 9.37 Å². The lowest BCUT2D eigenvalue weighted by Gasteiger charge is -2.01. The summed E-state index contributed by atoms with van der Waals surface area (Å²) in [6.45, 7) is 1.91. The molecule has 0 saturated carbocycles. The maximum absolute atomic E-state index is 13.2. The van der Waals surface area contributed by atoms with Crippen molar-refractivity contribution in [2.24, 2.45) is 0 Å². The smallest absolute Gasteiger partial charge is 0.194 e. The molecule has 0 aliphatic heterocycles. The second-order valence-corrected chi connectivity index (χ2v) is 4.25. The van der Waals surface area contributed by atoms with Crippen LogP contribution in [0.3, 0.4) is 0 Å². The van der Waals surface area contributed by atoms with Gasteiger partial charge in [0.1, 0.15) is 5.82 Å². The molecule has 0 amide bonds. The lowest BCUT2D eigenvalue weighted by molar-refractivity contribution is 0.502. The van der Waals surface area contributed by atoms with Crippen LogP contribution in [0.1, 0.15) is 17.9 Å². The van der Waals surface area contributed by atoms with Crippen molar-refractivity contribution in [1.29, 1.82) is 0 Å². The Bertz CT molecular complexity index is 510. The number of hydrogen-bond acceptors (Lipinski definition) is 2. The highest BCUT2D eigenvalue weighted by Gasteiger charge is 2.09. The van der Waals surface area contributed by atoms with E-state index in [1.54, 1.807) is 12.3 Å². The second kappa shape index (κ2) is 5.32. The molecule has 2 nitrogen and oxygen atoms in total. The fourth-order valence-corrected chi connectivity index (χ4v) is 1.76. The molecule has 0 spiro atoms. The fourth-order valence-electron chi connectivity index (χ4n) is 1.63. The first-order valence-electron chi connectivity index (χ1n) is 5.48. The van der Waals surface area contributed by atoms with Gasteiger partial charge in [0, 0.05) is 17.9 Å². The van der Waals surface area contributed by atoms with Crippen LogP contribution in [-0.2, 0) is 6.42 Å². The van der Waals surface area contributed by atoms with Crippen molar-refractivity contribution < 1.29 is 8.81 Å². The van der Waals surface area contributed by atoms with Crippen molar-refractivity contribution in [2.45, 2.75) is 19.8 Å². The molecule has 0 bridgehead atoms. The van der Waals surface area contributed by atoms with Gasteiger partial charge in [-0.05, 0) is 31.0 Å². The van der Waals surface area contributed by atoms with Crippen molar-refractivity contribution in [3.63, 3.8) is 0 Å². The highest BCUT2D eigenvalue weighted by atomic mass is 35.5. The van der Waals surface area contributed by atoms with Gasteiger partial charge in [0.05, 0.1) is 6.20 Å². The van der Waals surface area contributed by atoms with Crippen LogP contribution in [0, 0.1) is 12.7 Å². The van der Waals surface area contributed by atoms with Crippen molar-refractivity contribution in [3.05, 3.63) is 41.7 Å². The number of rotatable bonds is 4. The van der Waals surface area contributed by atoms with Crippen LogP contribution in [0.25, 0.3) is 11.3 Å². The molecule has 2 rings (SSSR count). The molecule has 0 N–H and O–H groups in total. The van der Waals surface area contributed by atoms with E-state index in [0.717, 1.165) is 17.5 Å². The molecule has 1 aromatic heterocycles. The Morgan fingerprint density at radius 1 is 1.41 bits per heavy atom. The Morgan fingerprint density at radius 3 is 3.00 bits per heavy atom. The molecule has 0 saturated heterocycles. The predicted octanol–water partition coefficient (Wildman–Crippen LogP) is 3.96. The van der Waals surface area contributed by atoms with Gasteiger partial charge >= 0.3 is 0 Å². The summed E-state index contributed by atoms with van der Waals surface area (Å²) in [5.74, 6) is 1.55.